The minimum Gasteiger partial charge on any atom is -0.496 e. The summed E-state index contributed by atoms with van der Waals surface area (Å²) in [6.45, 7) is 3.69. The zero-order valence-electron chi connectivity index (χ0n) is 29.3. The number of amides is 2. The number of alkyl halides is 2. The molecule has 6 rings (SSSR count). The van der Waals surface area contributed by atoms with Gasteiger partial charge in [0.05, 0.1) is 20.2 Å². The van der Waals surface area contributed by atoms with Gasteiger partial charge in [0.1, 0.15) is 29.0 Å². The second-order valence-corrected chi connectivity index (χ2v) is 14.8. The number of halogens is 2. The lowest BCUT2D eigenvalue weighted by Crippen LogP contribution is -2.64. The highest BCUT2D eigenvalue weighted by Gasteiger charge is 2.58. The normalized spacial score (nSPS) is 23.4. The van der Waals surface area contributed by atoms with Crippen molar-refractivity contribution in [1.82, 2.24) is 19.4 Å². The Kier molecular flexibility index (Phi) is 9.75. The highest BCUT2D eigenvalue weighted by molar-refractivity contribution is 5.81. The number of methoxy groups -OCH3 is 1. The number of piperidine rings is 2. The van der Waals surface area contributed by atoms with E-state index in [1.165, 1.54) is 0 Å². The number of nitrogen functional groups attached to an aromatic ring is 1. The molecule has 274 valence electrons. The maximum absolute atomic E-state index is 15.9. The summed E-state index contributed by atoms with van der Waals surface area (Å²) in [4.78, 5) is 46.8. The monoisotopic (exact) mass is 709 g/mol. The van der Waals surface area contributed by atoms with Crippen LogP contribution in [0.1, 0.15) is 69.4 Å². The van der Waals surface area contributed by atoms with E-state index in [4.69, 9.17) is 19.9 Å². The third-order valence-corrected chi connectivity index (χ3v) is 9.89. The van der Waals surface area contributed by atoms with Crippen molar-refractivity contribution in [1.29, 1.82) is 0 Å². The van der Waals surface area contributed by atoms with Crippen LogP contribution in [0.5, 0.6) is 17.4 Å². The van der Waals surface area contributed by atoms with E-state index < -0.39 is 71.7 Å². The first-order valence-corrected chi connectivity index (χ1v) is 17.2. The van der Waals surface area contributed by atoms with Crippen molar-refractivity contribution in [3.8, 4) is 17.4 Å². The molecular weight excluding hydrogens is 664 g/mol. The average Bonchev–Trinajstić information content (AvgIpc) is 3.94. The lowest BCUT2D eigenvalue weighted by Gasteiger charge is -2.46. The molecule has 0 spiro atoms. The van der Waals surface area contributed by atoms with E-state index in [0.717, 1.165) is 39.8 Å². The van der Waals surface area contributed by atoms with E-state index in [2.05, 4.69) is 4.98 Å². The van der Waals surface area contributed by atoms with Gasteiger partial charge in [-0.3, -0.25) is 14.2 Å². The largest absolute Gasteiger partial charge is 0.496 e. The van der Waals surface area contributed by atoms with Crippen LogP contribution < -0.4 is 20.8 Å². The Morgan fingerprint density at radius 1 is 1.06 bits per heavy atom. The van der Waals surface area contributed by atoms with Crippen LogP contribution in [-0.4, -0.2) is 86.9 Å². The fourth-order valence-electron chi connectivity index (χ4n) is 6.93. The number of nitrogens with two attached hydrogens (primary N) is 1. The molecule has 3 N–H and O–H groups in total. The summed E-state index contributed by atoms with van der Waals surface area (Å²) >= 11 is 0. The van der Waals surface area contributed by atoms with Crippen LogP contribution in [0.4, 0.5) is 19.3 Å². The number of rotatable bonds is 8. The van der Waals surface area contributed by atoms with Crippen molar-refractivity contribution in [2.75, 3.05) is 39.0 Å². The molecule has 0 radical (unpaired) electrons. The number of benzene rings is 2. The molecular formula is C37H45F2N5O7. The predicted molar refractivity (Wildman–Crippen MR) is 184 cm³/mol. The molecule has 2 aliphatic heterocycles. The molecule has 51 heavy (non-hydrogen) atoms. The van der Waals surface area contributed by atoms with Crippen molar-refractivity contribution in [3.63, 3.8) is 0 Å². The molecule has 1 aliphatic carbocycles. The lowest BCUT2D eigenvalue weighted by atomic mass is 9.79. The average molecular weight is 710 g/mol. The fraction of sp³-hybridized carbons (Fsp3) is 0.514. The van der Waals surface area contributed by atoms with E-state index in [9.17, 15) is 19.5 Å². The summed E-state index contributed by atoms with van der Waals surface area (Å²) in [6.07, 6.45) is 2.41. The number of ether oxygens (including phenoxy) is 3. The Balaban J connectivity index is 1.15. The number of nitrogens with zero attached hydrogens (tertiary/aromatic N) is 4. The van der Waals surface area contributed by atoms with Gasteiger partial charge in [0.25, 0.3) is 11.5 Å². The summed E-state index contributed by atoms with van der Waals surface area (Å²) in [6, 6.07) is 14.4. The van der Waals surface area contributed by atoms with Crippen LogP contribution in [0.25, 0.3) is 0 Å². The molecule has 3 aliphatic rings. The number of hydrogen-bond donors (Lipinski definition) is 2. The van der Waals surface area contributed by atoms with Gasteiger partial charge >= 0.3 is 6.09 Å². The van der Waals surface area contributed by atoms with Gasteiger partial charge in [-0.05, 0) is 63.1 Å². The molecule has 1 aromatic heterocycles. The van der Waals surface area contributed by atoms with Crippen LogP contribution in [0.2, 0.25) is 0 Å². The van der Waals surface area contributed by atoms with Crippen LogP contribution in [0.15, 0.2) is 59.7 Å². The summed E-state index contributed by atoms with van der Waals surface area (Å²) in [5, 5.41) is 11.3. The van der Waals surface area contributed by atoms with Crippen LogP contribution >= 0.6 is 0 Å². The topological polar surface area (TPSA) is 149 Å². The van der Waals surface area contributed by atoms with Crippen molar-refractivity contribution >= 4 is 17.7 Å². The second-order valence-electron chi connectivity index (χ2n) is 14.8. The molecule has 3 atom stereocenters. The van der Waals surface area contributed by atoms with Gasteiger partial charge in [-0.15, -0.1) is 0 Å². The van der Waals surface area contributed by atoms with Gasteiger partial charge in [0.2, 0.25) is 11.8 Å². The Labute approximate surface area is 295 Å². The smallest absolute Gasteiger partial charge is 0.410 e. The lowest BCUT2D eigenvalue weighted by molar-refractivity contribution is -0.223. The molecule has 0 unspecified atom stereocenters. The molecule has 3 aromatic rings. The highest BCUT2D eigenvalue weighted by Crippen LogP contribution is 2.46. The molecule has 2 amide bonds. The van der Waals surface area contributed by atoms with E-state index in [1.807, 2.05) is 36.4 Å². The van der Waals surface area contributed by atoms with Gasteiger partial charge in [0, 0.05) is 44.0 Å². The third kappa shape index (κ3) is 7.65. The van der Waals surface area contributed by atoms with Crippen molar-refractivity contribution in [3.05, 3.63) is 76.3 Å². The fourth-order valence-corrected chi connectivity index (χ4v) is 6.93. The third-order valence-electron chi connectivity index (χ3n) is 9.89. The predicted octanol–water partition coefficient (Wildman–Crippen LogP) is 5.14. The van der Waals surface area contributed by atoms with Gasteiger partial charge in [-0.1, -0.05) is 36.4 Å². The minimum atomic E-state index is -3.79. The molecule has 3 fully saturated rings. The number of likely N-dealkylation sites (tertiary alicyclic amines) is 2. The summed E-state index contributed by atoms with van der Waals surface area (Å²) in [5.41, 5.74) is 3.28. The summed E-state index contributed by atoms with van der Waals surface area (Å²) in [7, 11) is 1.55. The molecule has 2 aromatic carbocycles. The Hall–Kier alpha value is -4.72. The number of aliphatic hydroxyl groups is 1. The second kappa shape index (κ2) is 13.8. The molecule has 3 heterocycles. The number of hydrogen-bond acceptors (Lipinski definition) is 9. The van der Waals surface area contributed by atoms with Crippen molar-refractivity contribution < 1.29 is 37.7 Å². The van der Waals surface area contributed by atoms with Gasteiger partial charge in [0.15, 0.2) is 5.69 Å². The summed E-state index contributed by atoms with van der Waals surface area (Å²) in [5.74, 6) is -4.22. The number of carbonyl (C=O) groups excluding carboxylic acids is 2. The first-order chi connectivity index (χ1) is 24.1. The zero-order valence-corrected chi connectivity index (χ0v) is 29.3. The first kappa shape index (κ1) is 36.1. The van der Waals surface area contributed by atoms with Crippen LogP contribution in [-0.2, 0) is 16.1 Å². The van der Waals surface area contributed by atoms with E-state index in [1.54, 1.807) is 44.9 Å². The Morgan fingerprint density at radius 3 is 2.43 bits per heavy atom. The summed E-state index contributed by atoms with van der Waals surface area (Å²) < 4.78 is 49.5. The first-order valence-electron chi connectivity index (χ1n) is 17.2. The zero-order chi connectivity index (χ0) is 36.7. The van der Waals surface area contributed by atoms with E-state index >= 15 is 8.78 Å². The number of carbonyl (C=O) groups is 2. The molecule has 14 heteroatoms. The molecule has 12 nitrogen and oxygen atoms in total. The standard InChI is InChI=1S/C37H45F2N5O7/c1-35(2,3)51-34(47)42-16-14-27(28(19-42)23-8-6-5-7-9-23)32(45)43-17-15-36(48,37(38,39)21-43)20-44-22-41-31(30(40)33(44)46)50-25-12-13-26(24-10-11-24)29(18-25)49-4/h5-9,12-13,18,22,24,27-28,48H,10-11,14-17,19-21,40H2,1-4H3/t27-,28+,36+/m1/s1. The van der Waals surface area contributed by atoms with Crippen molar-refractivity contribution in [2.45, 2.75) is 82.0 Å². The van der Waals surface area contributed by atoms with Crippen molar-refractivity contribution in [2.24, 2.45) is 5.92 Å². The number of anilines is 1. The minimum absolute atomic E-state index is 0.170. The SMILES string of the molecule is COc1cc(Oc2ncn(C[C@@]3(O)CCN(C(=O)[C@@H]4CCN(C(=O)OC(C)(C)C)C[C@H]4c4ccccc4)CC3(F)F)c(=O)c2N)ccc1C1CC1. The van der Waals surface area contributed by atoms with Gasteiger partial charge in [-0.25, -0.2) is 18.6 Å². The maximum atomic E-state index is 15.9. The van der Waals surface area contributed by atoms with Gasteiger partial charge < -0.3 is 34.9 Å². The quantitative estimate of drug-likeness (QED) is 0.324. The van der Waals surface area contributed by atoms with Crippen LogP contribution in [0.3, 0.4) is 0 Å². The van der Waals surface area contributed by atoms with Gasteiger partial charge in [-0.2, -0.15) is 0 Å². The molecule has 2 saturated heterocycles. The van der Waals surface area contributed by atoms with E-state index in [0.29, 0.717) is 17.4 Å². The maximum Gasteiger partial charge on any atom is 0.410 e. The highest BCUT2D eigenvalue weighted by atomic mass is 19.3. The number of aromatic nitrogens is 2. The molecule has 0 bridgehead atoms. The Morgan fingerprint density at radius 2 is 1.78 bits per heavy atom. The Bertz CT molecular complexity index is 1830. The molecule has 1 saturated carbocycles. The van der Waals surface area contributed by atoms with E-state index in [-0.39, 0.29) is 31.9 Å². The van der Waals surface area contributed by atoms with Crippen LogP contribution in [0, 0.1) is 5.92 Å².